The summed E-state index contributed by atoms with van der Waals surface area (Å²) in [6.07, 6.45) is 1.46. The summed E-state index contributed by atoms with van der Waals surface area (Å²) in [5.74, 6) is -0.290. The highest BCUT2D eigenvalue weighted by atomic mass is 16.5. The first-order chi connectivity index (χ1) is 9.67. The van der Waals surface area contributed by atoms with E-state index in [4.69, 9.17) is 9.84 Å². The fourth-order valence-corrected chi connectivity index (χ4v) is 2.11. The Morgan fingerprint density at radius 1 is 1.40 bits per heavy atom. The molecule has 0 atom stereocenters. The van der Waals surface area contributed by atoms with Gasteiger partial charge in [0.05, 0.1) is 19.3 Å². The molecule has 2 rings (SSSR count). The van der Waals surface area contributed by atoms with Gasteiger partial charge in [-0.2, -0.15) is 0 Å². The number of benzene rings is 1. The second-order valence-corrected chi connectivity index (χ2v) is 4.41. The lowest BCUT2D eigenvalue weighted by atomic mass is 10.1. The maximum Gasteiger partial charge on any atom is 0.358 e. The van der Waals surface area contributed by atoms with Crippen molar-refractivity contribution in [2.75, 3.05) is 7.11 Å². The smallest absolute Gasteiger partial charge is 0.358 e. The topological polar surface area (TPSA) is 77.2 Å². The van der Waals surface area contributed by atoms with Gasteiger partial charge in [0, 0.05) is 5.56 Å². The number of rotatable bonds is 6. The number of carboxylic acids is 1. The van der Waals surface area contributed by atoms with Gasteiger partial charge < -0.3 is 9.84 Å². The molecule has 20 heavy (non-hydrogen) atoms. The molecule has 0 aliphatic heterocycles. The number of aromatic nitrogens is 3. The summed E-state index contributed by atoms with van der Waals surface area (Å²) in [6.45, 7) is 2.44. The SMILES string of the molecule is CCCc1c(C(=O)O)nnn1Cc1ccccc1OC. The lowest BCUT2D eigenvalue weighted by Gasteiger charge is -2.10. The molecule has 2 aromatic rings. The molecule has 1 N–H and O–H groups in total. The predicted octanol–water partition coefficient (Wildman–Crippen LogP) is 1.99. The third kappa shape index (κ3) is 2.79. The number of carbonyl (C=O) groups is 1. The van der Waals surface area contributed by atoms with Crippen LogP contribution in [-0.2, 0) is 13.0 Å². The molecule has 0 amide bonds. The number of hydrogen-bond donors (Lipinski definition) is 1. The van der Waals surface area contributed by atoms with Crippen molar-refractivity contribution in [1.82, 2.24) is 15.0 Å². The zero-order valence-electron chi connectivity index (χ0n) is 11.5. The first kappa shape index (κ1) is 14.0. The third-order valence-corrected chi connectivity index (χ3v) is 3.04. The van der Waals surface area contributed by atoms with E-state index in [9.17, 15) is 4.79 Å². The maximum absolute atomic E-state index is 11.1. The molecule has 0 saturated carbocycles. The van der Waals surface area contributed by atoms with Gasteiger partial charge in [-0.05, 0) is 12.5 Å². The van der Waals surface area contributed by atoms with Crippen LogP contribution in [0.4, 0.5) is 0 Å². The Hall–Kier alpha value is -2.37. The van der Waals surface area contributed by atoms with E-state index >= 15 is 0 Å². The highest BCUT2D eigenvalue weighted by Gasteiger charge is 2.18. The lowest BCUT2D eigenvalue weighted by molar-refractivity contribution is 0.0689. The van der Waals surface area contributed by atoms with Crippen LogP contribution >= 0.6 is 0 Å². The predicted molar refractivity (Wildman–Crippen MR) is 73.1 cm³/mol. The van der Waals surface area contributed by atoms with Crippen LogP contribution in [0.1, 0.15) is 35.1 Å². The third-order valence-electron chi connectivity index (χ3n) is 3.04. The van der Waals surface area contributed by atoms with Crippen LogP contribution in [0.5, 0.6) is 5.75 Å². The number of methoxy groups -OCH3 is 1. The summed E-state index contributed by atoms with van der Waals surface area (Å²) in [5.41, 5.74) is 1.61. The molecular formula is C14H17N3O3. The van der Waals surface area contributed by atoms with Gasteiger partial charge in [0.2, 0.25) is 0 Å². The first-order valence-electron chi connectivity index (χ1n) is 6.45. The van der Waals surface area contributed by atoms with Gasteiger partial charge in [0.15, 0.2) is 5.69 Å². The average Bonchev–Trinajstić information content (AvgIpc) is 2.83. The van der Waals surface area contributed by atoms with E-state index in [1.807, 2.05) is 31.2 Å². The molecule has 0 aliphatic carbocycles. The van der Waals surface area contributed by atoms with E-state index < -0.39 is 5.97 Å². The van der Waals surface area contributed by atoms with Gasteiger partial charge in [-0.15, -0.1) is 5.10 Å². The van der Waals surface area contributed by atoms with Crippen molar-refractivity contribution in [2.24, 2.45) is 0 Å². The minimum atomic E-state index is -1.04. The molecule has 6 heteroatoms. The molecule has 1 heterocycles. The number of hydrogen-bond acceptors (Lipinski definition) is 4. The van der Waals surface area contributed by atoms with Gasteiger partial charge in [-0.3, -0.25) is 0 Å². The summed E-state index contributed by atoms with van der Waals surface area (Å²) in [6, 6.07) is 7.59. The number of ether oxygens (including phenoxy) is 1. The summed E-state index contributed by atoms with van der Waals surface area (Å²) in [7, 11) is 1.61. The molecule has 0 radical (unpaired) electrons. The molecule has 1 aromatic heterocycles. The van der Waals surface area contributed by atoms with Gasteiger partial charge >= 0.3 is 5.97 Å². The van der Waals surface area contributed by atoms with Gasteiger partial charge in [0.1, 0.15) is 5.75 Å². The van der Waals surface area contributed by atoms with E-state index in [1.165, 1.54) is 0 Å². The number of nitrogens with zero attached hydrogens (tertiary/aromatic N) is 3. The van der Waals surface area contributed by atoms with E-state index in [-0.39, 0.29) is 5.69 Å². The lowest BCUT2D eigenvalue weighted by Crippen LogP contribution is -2.10. The highest BCUT2D eigenvalue weighted by molar-refractivity contribution is 5.86. The Morgan fingerprint density at radius 2 is 2.15 bits per heavy atom. The van der Waals surface area contributed by atoms with Crippen molar-refractivity contribution in [3.63, 3.8) is 0 Å². The van der Waals surface area contributed by atoms with Gasteiger partial charge in [0.25, 0.3) is 0 Å². The molecule has 6 nitrogen and oxygen atoms in total. The Morgan fingerprint density at radius 3 is 2.80 bits per heavy atom. The normalized spacial score (nSPS) is 10.5. The van der Waals surface area contributed by atoms with Crippen molar-refractivity contribution in [3.05, 3.63) is 41.2 Å². The summed E-state index contributed by atoms with van der Waals surface area (Å²) < 4.78 is 6.92. The minimum absolute atomic E-state index is 0.0294. The van der Waals surface area contributed by atoms with Crippen LogP contribution in [0.2, 0.25) is 0 Å². The number of carboxylic acid groups (broad SMARTS) is 1. The standard InChI is InChI=1S/C14H17N3O3/c1-3-6-11-13(14(18)19)15-16-17(11)9-10-7-4-5-8-12(10)20-2/h4-5,7-8H,3,6,9H2,1-2H3,(H,18,19). The van der Waals surface area contributed by atoms with Crippen LogP contribution in [0.25, 0.3) is 0 Å². The Labute approximate surface area is 117 Å². The molecule has 0 unspecified atom stereocenters. The Balaban J connectivity index is 2.36. The van der Waals surface area contributed by atoms with Crippen LogP contribution < -0.4 is 4.74 Å². The molecular weight excluding hydrogens is 258 g/mol. The van der Waals surface area contributed by atoms with Crippen molar-refractivity contribution in [3.8, 4) is 5.75 Å². The van der Waals surface area contributed by atoms with Crippen molar-refractivity contribution < 1.29 is 14.6 Å². The molecule has 0 aliphatic rings. The molecule has 106 valence electrons. The van der Waals surface area contributed by atoms with Crippen LogP contribution in [-0.4, -0.2) is 33.2 Å². The van der Waals surface area contributed by atoms with Crippen molar-refractivity contribution in [1.29, 1.82) is 0 Å². The highest BCUT2D eigenvalue weighted by Crippen LogP contribution is 2.19. The summed E-state index contributed by atoms with van der Waals surface area (Å²) in [5, 5.41) is 16.8. The Bertz CT molecular complexity index is 607. The maximum atomic E-state index is 11.1. The average molecular weight is 275 g/mol. The zero-order valence-corrected chi connectivity index (χ0v) is 11.5. The summed E-state index contributed by atoms with van der Waals surface area (Å²) >= 11 is 0. The Kier molecular flexibility index (Phi) is 4.34. The number of para-hydroxylation sites is 1. The monoisotopic (exact) mass is 275 g/mol. The first-order valence-corrected chi connectivity index (χ1v) is 6.45. The zero-order chi connectivity index (χ0) is 14.5. The molecule has 1 aromatic carbocycles. The van der Waals surface area contributed by atoms with Crippen LogP contribution in [0, 0.1) is 0 Å². The van der Waals surface area contributed by atoms with E-state index in [2.05, 4.69) is 10.3 Å². The molecule has 0 fully saturated rings. The van der Waals surface area contributed by atoms with Gasteiger partial charge in [-0.25, -0.2) is 9.48 Å². The summed E-state index contributed by atoms with van der Waals surface area (Å²) in [4.78, 5) is 11.1. The van der Waals surface area contributed by atoms with Crippen molar-refractivity contribution >= 4 is 5.97 Å². The van der Waals surface area contributed by atoms with Crippen LogP contribution in [0.3, 0.4) is 0 Å². The fraction of sp³-hybridized carbons (Fsp3) is 0.357. The van der Waals surface area contributed by atoms with Gasteiger partial charge in [-0.1, -0.05) is 36.8 Å². The minimum Gasteiger partial charge on any atom is -0.496 e. The van der Waals surface area contributed by atoms with E-state index in [0.29, 0.717) is 18.7 Å². The van der Waals surface area contributed by atoms with Crippen molar-refractivity contribution in [2.45, 2.75) is 26.3 Å². The van der Waals surface area contributed by atoms with Crippen LogP contribution in [0.15, 0.2) is 24.3 Å². The van der Waals surface area contributed by atoms with E-state index in [1.54, 1.807) is 11.8 Å². The molecule has 0 saturated heterocycles. The fourth-order valence-electron chi connectivity index (χ4n) is 2.11. The largest absolute Gasteiger partial charge is 0.496 e. The quantitative estimate of drug-likeness (QED) is 0.872. The van der Waals surface area contributed by atoms with E-state index in [0.717, 1.165) is 17.7 Å². The number of aromatic carboxylic acids is 1. The molecule has 0 bridgehead atoms. The molecule has 0 spiro atoms. The second kappa shape index (κ2) is 6.18. The second-order valence-electron chi connectivity index (χ2n) is 4.41.